The first-order valence-corrected chi connectivity index (χ1v) is 10.9. The molecule has 30 heavy (non-hydrogen) atoms. The van der Waals surface area contributed by atoms with E-state index in [1.165, 1.54) is 5.56 Å². The molecule has 1 atom stereocenters. The number of pyridine rings is 1. The number of H-pyrrole nitrogens is 1. The van der Waals surface area contributed by atoms with E-state index in [4.69, 9.17) is 4.74 Å². The van der Waals surface area contributed by atoms with E-state index in [0.29, 0.717) is 18.8 Å². The molecule has 1 amide bonds. The predicted molar refractivity (Wildman–Crippen MR) is 116 cm³/mol. The molecule has 156 valence electrons. The summed E-state index contributed by atoms with van der Waals surface area (Å²) in [5.41, 5.74) is 2.34. The number of benzene rings is 1. The smallest absolute Gasteiger partial charge is 0.410 e. The molecule has 1 aromatic carbocycles. The van der Waals surface area contributed by atoms with Crippen LogP contribution in [0.4, 0.5) is 4.79 Å². The van der Waals surface area contributed by atoms with Gasteiger partial charge in [-0.3, -0.25) is 9.88 Å². The molecule has 1 aliphatic rings. The standard InChI is InChI=1S/C22H25N5O2S/c1-17(30-21-24-9-10-25-21)19-4-6-20(7-5-19)29-22(28)27-13-11-26(12-14-27)16-18-3-2-8-23-15-18/h2-10,15,17H,11-14,16H2,1H3,(H,24,25). The first kappa shape index (κ1) is 20.4. The van der Waals surface area contributed by atoms with Gasteiger partial charge in [-0.1, -0.05) is 30.0 Å². The molecule has 1 aliphatic heterocycles. The highest BCUT2D eigenvalue weighted by Crippen LogP contribution is 2.33. The van der Waals surface area contributed by atoms with Crippen LogP contribution in [0.1, 0.15) is 23.3 Å². The van der Waals surface area contributed by atoms with Gasteiger partial charge in [0.05, 0.1) is 0 Å². The van der Waals surface area contributed by atoms with Crippen LogP contribution in [0.15, 0.2) is 66.3 Å². The zero-order valence-electron chi connectivity index (χ0n) is 16.9. The van der Waals surface area contributed by atoms with Crippen molar-refractivity contribution < 1.29 is 9.53 Å². The average molecular weight is 424 g/mol. The van der Waals surface area contributed by atoms with Gasteiger partial charge in [0.25, 0.3) is 0 Å². The summed E-state index contributed by atoms with van der Waals surface area (Å²) in [5, 5.41) is 1.13. The first-order valence-electron chi connectivity index (χ1n) is 10.0. The normalized spacial score (nSPS) is 15.7. The lowest BCUT2D eigenvalue weighted by Gasteiger charge is -2.33. The van der Waals surface area contributed by atoms with Gasteiger partial charge in [-0.15, -0.1) is 0 Å². The van der Waals surface area contributed by atoms with Crippen molar-refractivity contribution in [3.8, 4) is 5.75 Å². The number of ether oxygens (including phenoxy) is 1. The van der Waals surface area contributed by atoms with E-state index in [9.17, 15) is 4.79 Å². The number of aromatic amines is 1. The van der Waals surface area contributed by atoms with Gasteiger partial charge in [0.15, 0.2) is 5.16 Å². The van der Waals surface area contributed by atoms with E-state index in [0.717, 1.165) is 30.4 Å². The van der Waals surface area contributed by atoms with E-state index in [2.05, 4.69) is 32.8 Å². The van der Waals surface area contributed by atoms with Crippen LogP contribution in [0.5, 0.6) is 5.75 Å². The minimum atomic E-state index is -0.290. The molecule has 0 radical (unpaired) electrons. The van der Waals surface area contributed by atoms with Gasteiger partial charge >= 0.3 is 6.09 Å². The maximum absolute atomic E-state index is 12.5. The summed E-state index contributed by atoms with van der Waals surface area (Å²) in [6.45, 7) is 5.95. The quantitative estimate of drug-likeness (QED) is 0.605. The third kappa shape index (κ3) is 5.40. The molecular formula is C22H25N5O2S. The van der Waals surface area contributed by atoms with Crippen LogP contribution in [0, 0.1) is 0 Å². The monoisotopic (exact) mass is 423 g/mol. The molecule has 3 heterocycles. The highest BCUT2D eigenvalue weighted by molar-refractivity contribution is 7.99. The van der Waals surface area contributed by atoms with Crippen LogP contribution in [0.2, 0.25) is 0 Å². The van der Waals surface area contributed by atoms with Crippen molar-refractivity contribution in [3.63, 3.8) is 0 Å². The topological polar surface area (TPSA) is 74.3 Å². The van der Waals surface area contributed by atoms with Crippen LogP contribution in [0.3, 0.4) is 0 Å². The molecule has 1 N–H and O–H groups in total. The Kier molecular flexibility index (Phi) is 6.66. The van der Waals surface area contributed by atoms with Crippen molar-refractivity contribution in [1.82, 2.24) is 24.8 Å². The number of rotatable bonds is 6. The highest BCUT2D eigenvalue weighted by Gasteiger charge is 2.22. The lowest BCUT2D eigenvalue weighted by molar-refractivity contribution is 0.108. The van der Waals surface area contributed by atoms with Crippen LogP contribution in [-0.2, 0) is 6.54 Å². The van der Waals surface area contributed by atoms with Crippen molar-refractivity contribution in [3.05, 3.63) is 72.3 Å². The molecule has 7 nitrogen and oxygen atoms in total. The Labute approximate surface area is 180 Å². The Balaban J connectivity index is 1.25. The average Bonchev–Trinajstić information content (AvgIpc) is 3.28. The van der Waals surface area contributed by atoms with Crippen molar-refractivity contribution in [2.24, 2.45) is 0 Å². The number of nitrogens with one attached hydrogen (secondary N) is 1. The van der Waals surface area contributed by atoms with E-state index >= 15 is 0 Å². The molecule has 2 aromatic heterocycles. The van der Waals surface area contributed by atoms with Gasteiger partial charge in [0.1, 0.15) is 5.75 Å². The summed E-state index contributed by atoms with van der Waals surface area (Å²) in [7, 11) is 0. The molecule has 0 aliphatic carbocycles. The molecule has 1 fully saturated rings. The number of hydrogen-bond acceptors (Lipinski definition) is 6. The number of piperazine rings is 1. The zero-order valence-corrected chi connectivity index (χ0v) is 17.7. The van der Waals surface area contributed by atoms with Crippen LogP contribution >= 0.6 is 11.8 Å². The number of thioether (sulfide) groups is 1. The summed E-state index contributed by atoms with van der Waals surface area (Å²) in [4.78, 5) is 28.1. The molecule has 1 saturated heterocycles. The van der Waals surface area contributed by atoms with E-state index in [-0.39, 0.29) is 11.3 Å². The summed E-state index contributed by atoms with van der Waals surface area (Å²) < 4.78 is 5.58. The molecule has 8 heteroatoms. The third-order valence-electron chi connectivity index (χ3n) is 5.08. The van der Waals surface area contributed by atoms with Gasteiger partial charge in [0, 0.05) is 62.8 Å². The minimum Gasteiger partial charge on any atom is -0.410 e. The number of carbonyl (C=O) groups is 1. The minimum absolute atomic E-state index is 0.244. The molecule has 0 saturated carbocycles. The number of imidazole rings is 1. The molecule has 0 spiro atoms. The second-order valence-corrected chi connectivity index (χ2v) is 8.55. The Morgan fingerprint density at radius 1 is 1.17 bits per heavy atom. The maximum Gasteiger partial charge on any atom is 0.415 e. The molecule has 0 bridgehead atoms. The third-order valence-corrected chi connectivity index (χ3v) is 6.15. The Bertz CT molecular complexity index is 926. The van der Waals surface area contributed by atoms with Crippen molar-refractivity contribution >= 4 is 17.9 Å². The summed E-state index contributed by atoms with van der Waals surface area (Å²) in [6.07, 6.45) is 6.94. The van der Waals surface area contributed by atoms with E-state index in [1.54, 1.807) is 29.1 Å². The number of carbonyl (C=O) groups excluding carboxylic acids is 1. The lowest BCUT2D eigenvalue weighted by Crippen LogP contribution is -2.49. The van der Waals surface area contributed by atoms with Crippen molar-refractivity contribution in [2.45, 2.75) is 23.9 Å². The van der Waals surface area contributed by atoms with Crippen molar-refractivity contribution in [1.29, 1.82) is 0 Å². The number of nitrogens with zero attached hydrogens (tertiary/aromatic N) is 4. The highest BCUT2D eigenvalue weighted by atomic mass is 32.2. The summed E-state index contributed by atoms with van der Waals surface area (Å²) in [5.74, 6) is 0.566. The fourth-order valence-corrected chi connectivity index (χ4v) is 4.25. The van der Waals surface area contributed by atoms with Gasteiger partial charge in [0.2, 0.25) is 0 Å². The lowest BCUT2D eigenvalue weighted by atomic mass is 10.1. The van der Waals surface area contributed by atoms with Crippen LogP contribution < -0.4 is 4.74 Å². The van der Waals surface area contributed by atoms with E-state index in [1.807, 2.05) is 42.7 Å². The van der Waals surface area contributed by atoms with Crippen LogP contribution in [-0.4, -0.2) is 57.0 Å². The van der Waals surface area contributed by atoms with E-state index < -0.39 is 0 Å². The fraction of sp³-hybridized carbons (Fsp3) is 0.318. The summed E-state index contributed by atoms with van der Waals surface area (Å²) in [6, 6.07) is 11.7. The summed E-state index contributed by atoms with van der Waals surface area (Å²) >= 11 is 1.66. The Morgan fingerprint density at radius 3 is 2.63 bits per heavy atom. The molecular weight excluding hydrogens is 398 g/mol. The van der Waals surface area contributed by atoms with Gasteiger partial charge in [-0.25, -0.2) is 9.78 Å². The van der Waals surface area contributed by atoms with Crippen LogP contribution in [0.25, 0.3) is 0 Å². The second-order valence-electron chi connectivity index (χ2n) is 7.22. The fourth-order valence-electron chi connectivity index (χ4n) is 3.36. The zero-order chi connectivity index (χ0) is 20.8. The van der Waals surface area contributed by atoms with Gasteiger partial charge < -0.3 is 14.6 Å². The largest absolute Gasteiger partial charge is 0.415 e. The number of aromatic nitrogens is 3. The molecule has 4 rings (SSSR count). The first-order chi connectivity index (χ1) is 14.7. The number of amides is 1. The number of hydrogen-bond donors (Lipinski definition) is 1. The Morgan fingerprint density at radius 2 is 1.97 bits per heavy atom. The van der Waals surface area contributed by atoms with Gasteiger partial charge in [-0.05, 0) is 36.2 Å². The molecule has 1 unspecified atom stereocenters. The van der Waals surface area contributed by atoms with Gasteiger partial charge in [-0.2, -0.15) is 0 Å². The second kappa shape index (κ2) is 9.77. The predicted octanol–water partition coefficient (Wildman–Crippen LogP) is 3.97. The Hall–Kier alpha value is -2.84. The maximum atomic E-state index is 12.5. The van der Waals surface area contributed by atoms with Crippen molar-refractivity contribution in [2.75, 3.05) is 26.2 Å². The molecule has 3 aromatic rings. The SMILES string of the molecule is CC(Sc1ncc[nH]1)c1ccc(OC(=O)N2CCN(Cc3cccnc3)CC2)cc1.